The Kier molecular flexibility index (Phi) is 5.58. The van der Waals surface area contributed by atoms with Crippen LogP contribution in [-0.4, -0.2) is 34.9 Å². The van der Waals surface area contributed by atoms with Crippen molar-refractivity contribution in [3.63, 3.8) is 0 Å². The van der Waals surface area contributed by atoms with Crippen molar-refractivity contribution in [1.29, 1.82) is 0 Å². The molecule has 0 N–H and O–H groups in total. The zero-order chi connectivity index (χ0) is 18.5. The fourth-order valence-corrected chi connectivity index (χ4v) is 4.14. The fraction of sp³-hybridized carbons (Fsp3) is 0.273. The summed E-state index contributed by atoms with van der Waals surface area (Å²) in [4.78, 5) is 18.8. The number of rotatable bonds is 6. The summed E-state index contributed by atoms with van der Waals surface area (Å²) in [5.41, 5.74) is 2.78. The van der Waals surface area contributed by atoms with Gasteiger partial charge in [0.2, 0.25) is 0 Å². The number of aryl methyl sites for hydroxylation is 1. The second-order valence-electron chi connectivity index (χ2n) is 6.59. The van der Waals surface area contributed by atoms with Gasteiger partial charge in [-0.1, -0.05) is 54.2 Å². The molecule has 0 saturated carbocycles. The molecule has 0 unspecified atom stereocenters. The maximum atomic E-state index is 12.5. The Labute approximate surface area is 163 Å². The summed E-state index contributed by atoms with van der Waals surface area (Å²) >= 11 is 1.66. The zero-order valence-electron chi connectivity index (χ0n) is 15.1. The van der Waals surface area contributed by atoms with Crippen LogP contribution in [0, 0.1) is 0 Å². The number of carbonyl (C=O) groups excluding carboxylic acids is 1. The van der Waals surface area contributed by atoms with Crippen molar-refractivity contribution in [3.8, 4) is 5.75 Å². The number of aliphatic imine (C=N–C) groups is 1. The third kappa shape index (κ3) is 4.42. The topological polar surface area (TPSA) is 41.9 Å². The highest BCUT2D eigenvalue weighted by Gasteiger charge is 2.32. The van der Waals surface area contributed by atoms with Crippen molar-refractivity contribution in [2.45, 2.75) is 19.3 Å². The fourth-order valence-electron chi connectivity index (χ4n) is 3.19. The minimum atomic E-state index is 0.00591. The van der Waals surface area contributed by atoms with Crippen LogP contribution in [0.5, 0.6) is 5.75 Å². The van der Waals surface area contributed by atoms with E-state index in [-0.39, 0.29) is 5.91 Å². The van der Waals surface area contributed by atoms with Crippen LogP contribution < -0.4 is 4.74 Å². The molecule has 4 rings (SSSR count). The lowest BCUT2D eigenvalue weighted by atomic mass is 10.1. The molecule has 1 fully saturated rings. The molecule has 0 radical (unpaired) electrons. The molecule has 2 aliphatic rings. The third-order valence-corrected chi connectivity index (χ3v) is 5.61. The molecule has 0 bridgehead atoms. The van der Waals surface area contributed by atoms with Gasteiger partial charge in [-0.15, -0.1) is 0 Å². The van der Waals surface area contributed by atoms with Crippen LogP contribution in [0.2, 0.25) is 0 Å². The molecule has 1 saturated heterocycles. The first-order valence-electron chi connectivity index (χ1n) is 9.31. The number of thioether (sulfide) groups is 1. The van der Waals surface area contributed by atoms with E-state index in [1.54, 1.807) is 16.7 Å². The molecule has 0 spiro atoms. The van der Waals surface area contributed by atoms with Crippen LogP contribution in [0.15, 0.2) is 65.3 Å². The van der Waals surface area contributed by atoms with Crippen LogP contribution >= 0.6 is 11.8 Å². The highest BCUT2D eigenvalue weighted by atomic mass is 32.2. The summed E-state index contributed by atoms with van der Waals surface area (Å²) in [5, 5.41) is 0.839. The number of amides is 1. The number of benzene rings is 2. The summed E-state index contributed by atoms with van der Waals surface area (Å²) in [7, 11) is 0. The van der Waals surface area contributed by atoms with Crippen LogP contribution in [0.1, 0.15) is 24.0 Å². The number of hydrogen-bond donors (Lipinski definition) is 0. The van der Waals surface area contributed by atoms with Crippen molar-refractivity contribution >= 4 is 28.9 Å². The van der Waals surface area contributed by atoms with Crippen LogP contribution in [0.3, 0.4) is 0 Å². The van der Waals surface area contributed by atoms with E-state index in [0.717, 1.165) is 48.0 Å². The quantitative estimate of drug-likeness (QED) is 0.553. The van der Waals surface area contributed by atoms with Gasteiger partial charge >= 0.3 is 0 Å². The van der Waals surface area contributed by atoms with Gasteiger partial charge in [0.15, 0.2) is 5.17 Å². The molecule has 0 aliphatic carbocycles. The summed E-state index contributed by atoms with van der Waals surface area (Å²) in [6.45, 7) is 1.44. The van der Waals surface area contributed by atoms with Gasteiger partial charge in [-0.2, -0.15) is 0 Å². The number of fused-ring (bicyclic) bond motifs is 1. The first-order valence-corrected chi connectivity index (χ1v) is 10.3. The average Bonchev–Trinajstić information content (AvgIpc) is 3.02. The zero-order valence-corrected chi connectivity index (χ0v) is 16.0. The Bertz CT molecular complexity index is 877. The molecule has 2 aromatic carbocycles. The second kappa shape index (κ2) is 8.44. The normalized spacial score (nSPS) is 17.8. The first kappa shape index (κ1) is 17.9. The predicted octanol–water partition coefficient (Wildman–Crippen LogP) is 4.37. The molecule has 27 heavy (non-hydrogen) atoms. The molecule has 5 heteroatoms. The number of ether oxygens (including phenoxy) is 1. The summed E-state index contributed by atoms with van der Waals surface area (Å²) in [5.74, 6) is 1.86. The first-order chi connectivity index (χ1) is 13.3. The van der Waals surface area contributed by atoms with Gasteiger partial charge in [0.1, 0.15) is 11.4 Å². The van der Waals surface area contributed by atoms with Crippen molar-refractivity contribution in [3.05, 3.63) is 71.4 Å². The summed E-state index contributed by atoms with van der Waals surface area (Å²) < 4.78 is 5.89. The average molecular weight is 378 g/mol. The molecule has 0 aromatic heterocycles. The standard InChI is InChI=1S/C22H22N2O2S/c25-21-20(23-22-24(21)12-6-14-27-22)16-18-9-4-11-19(15-18)26-13-5-10-17-7-2-1-3-8-17/h1-4,7-9,11,15-16H,5-6,10,12-14H2/b20-16-. The third-order valence-electron chi connectivity index (χ3n) is 4.55. The minimum Gasteiger partial charge on any atom is -0.494 e. The molecule has 138 valence electrons. The van der Waals surface area contributed by atoms with E-state index < -0.39 is 0 Å². The molecule has 0 atom stereocenters. The Morgan fingerprint density at radius 2 is 2.04 bits per heavy atom. The van der Waals surface area contributed by atoms with Crippen LogP contribution in [0.25, 0.3) is 6.08 Å². The van der Waals surface area contributed by atoms with E-state index in [9.17, 15) is 4.79 Å². The lowest BCUT2D eigenvalue weighted by molar-refractivity contribution is -0.122. The number of amidine groups is 1. The van der Waals surface area contributed by atoms with Crippen molar-refractivity contribution < 1.29 is 9.53 Å². The Morgan fingerprint density at radius 3 is 2.89 bits per heavy atom. The predicted molar refractivity (Wildman–Crippen MR) is 111 cm³/mol. The molecule has 4 nitrogen and oxygen atoms in total. The van der Waals surface area contributed by atoms with Crippen molar-refractivity contribution in [1.82, 2.24) is 4.90 Å². The second-order valence-corrected chi connectivity index (χ2v) is 7.65. The van der Waals surface area contributed by atoms with Gasteiger partial charge < -0.3 is 4.74 Å². The van der Waals surface area contributed by atoms with Gasteiger partial charge in [0.05, 0.1) is 6.61 Å². The number of nitrogens with zero attached hydrogens (tertiary/aromatic N) is 2. The van der Waals surface area contributed by atoms with Crippen LogP contribution in [-0.2, 0) is 11.2 Å². The van der Waals surface area contributed by atoms with E-state index in [2.05, 4.69) is 29.3 Å². The number of hydrogen-bond acceptors (Lipinski definition) is 4. The number of carbonyl (C=O) groups is 1. The summed E-state index contributed by atoms with van der Waals surface area (Å²) in [6.07, 6.45) is 4.85. The maximum Gasteiger partial charge on any atom is 0.278 e. The SMILES string of the molecule is O=C1/C(=C/c2cccc(OCCCc3ccccc3)c2)N=C2SCCCN12. The molecule has 2 aromatic rings. The van der Waals surface area contributed by atoms with Gasteiger partial charge in [0.25, 0.3) is 5.91 Å². The van der Waals surface area contributed by atoms with E-state index in [0.29, 0.717) is 12.3 Å². The van der Waals surface area contributed by atoms with E-state index in [1.165, 1.54) is 5.56 Å². The lowest BCUT2D eigenvalue weighted by Gasteiger charge is -2.21. The van der Waals surface area contributed by atoms with Crippen molar-refractivity contribution in [2.24, 2.45) is 4.99 Å². The van der Waals surface area contributed by atoms with Crippen LogP contribution in [0.4, 0.5) is 0 Å². The molecule has 2 aliphatic heterocycles. The Balaban J connectivity index is 1.36. The minimum absolute atomic E-state index is 0.00591. The molecule has 2 heterocycles. The highest BCUT2D eigenvalue weighted by molar-refractivity contribution is 8.13. The van der Waals surface area contributed by atoms with Gasteiger partial charge in [-0.05, 0) is 48.6 Å². The van der Waals surface area contributed by atoms with E-state index in [1.807, 2.05) is 36.4 Å². The summed E-state index contributed by atoms with van der Waals surface area (Å²) in [6, 6.07) is 18.3. The molecular weight excluding hydrogens is 356 g/mol. The smallest absolute Gasteiger partial charge is 0.278 e. The largest absolute Gasteiger partial charge is 0.494 e. The molecule has 1 amide bonds. The van der Waals surface area contributed by atoms with Gasteiger partial charge in [-0.3, -0.25) is 9.69 Å². The Morgan fingerprint density at radius 1 is 1.15 bits per heavy atom. The molecular formula is C22H22N2O2S. The Hall–Kier alpha value is -2.53. The van der Waals surface area contributed by atoms with E-state index >= 15 is 0 Å². The van der Waals surface area contributed by atoms with Gasteiger partial charge in [0, 0.05) is 12.3 Å². The maximum absolute atomic E-state index is 12.5. The lowest BCUT2D eigenvalue weighted by Crippen LogP contribution is -2.34. The van der Waals surface area contributed by atoms with Gasteiger partial charge in [-0.25, -0.2) is 4.99 Å². The highest BCUT2D eigenvalue weighted by Crippen LogP contribution is 2.28. The monoisotopic (exact) mass is 378 g/mol. The van der Waals surface area contributed by atoms with Crippen molar-refractivity contribution in [2.75, 3.05) is 18.9 Å². The van der Waals surface area contributed by atoms with E-state index in [4.69, 9.17) is 4.74 Å².